The van der Waals surface area contributed by atoms with Crippen LogP contribution < -0.4 is 16.1 Å². The first-order chi connectivity index (χ1) is 9.99. The molecular formula is C13H11N3O5. The highest BCUT2D eigenvalue weighted by Crippen LogP contribution is 2.15. The van der Waals surface area contributed by atoms with Gasteiger partial charge in [0.25, 0.3) is 11.5 Å². The molecular weight excluding hydrogens is 278 g/mol. The Hall–Kier alpha value is -3.16. The third kappa shape index (κ3) is 3.24. The maximum absolute atomic E-state index is 12.3. The van der Waals surface area contributed by atoms with E-state index in [1.54, 1.807) is 30.3 Å². The van der Waals surface area contributed by atoms with Crippen molar-refractivity contribution in [3.05, 3.63) is 62.9 Å². The normalized spacial score (nSPS) is 10.1. The summed E-state index contributed by atoms with van der Waals surface area (Å²) in [5.41, 5.74) is -1.65. The van der Waals surface area contributed by atoms with Gasteiger partial charge in [-0.1, -0.05) is 18.2 Å². The summed E-state index contributed by atoms with van der Waals surface area (Å²) in [4.78, 5) is 50.9. The molecule has 0 unspecified atom stereocenters. The SMILES string of the molecule is O=C(O)CN(C(=O)c1c[nH]c(=O)[nH]c1=O)c1ccccc1. The van der Waals surface area contributed by atoms with Crippen LogP contribution in [-0.2, 0) is 4.79 Å². The first-order valence-electron chi connectivity index (χ1n) is 5.90. The van der Waals surface area contributed by atoms with Crippen LogP contribution in [0.3, 0.4) is 0 Å². The molecule has 2 rings (SSSR count). The van der Waals surface area contributed by atoms with Crippen LogP contribution in [0, 0.1) is 0 Å². The van der Waals surface area contributed by atoms with E-state index in [0.29, 0.717) is 5.69 Å². The molecule has 0 fully saturated rings. The van der Waals surface area contributed by atoms with E-state index in [4.69, 9.17) is 5.11 Å². The number of hydrogen-bond donors (Lipinski definition) is 3. The minimum absolute atomic E-state index is 0.329. The van der Waals surface area contributed by atoms with Crippen molar-refractivity contribution in [3.63, 3.8) is 0 Å². The summed E-state index contributed by atoms with van der Waals surface area (Å²) >= 11 is 0. The highest BCUT2D eigenvalue weighted by atomic mass is 16.4. The topological polar surface area (TPSA) is 123 Å². The van der Waals surface area contributed by atoms with Crippen molar-refractivity contribution < 1.29 is 14.7 Å². The van der Waals surface area contributed by atoms with Crippen LogP contribution in [0.2, 0.25) is 0 Å². The lowest BCUT2D eigenvalue weighted by Crippen LogP contribution is -2.40. The van der Waals surface area contributed by atoms with E-state index < -0.39 is 29.7 Å². The molecule has 0 aliphatic carbocycles. The Kier molecular flexibility index (Phi) is 3.98. The Balaban J connectivity index is 2.46. The average molecular weight is 289 g/mol. The molecule has 0 atom stereocenters. The second kappa shape index (κ2) is 5.87. The van der Waals surface area contributed by atoms with Crippen LogP contribution >= 0.6 is 0 Å². The molecule has 1 heterocycles. The van der Waals surface area contributed by atoms with Crippen LogP contribution in [0.15, 0.2) is 46.1 Å². The van der Waals surface area contributed by atoms with Crippen molar-refractivity contribution in [2.75, 3.05) is 11.4 Å². The third-order valence-corrected chi connectivity index (χ3v) is 2.66. The summed E-state index contributed by atoms with van der Waals surface area (Å²) in [5, 5.41) is 8.92. The van der Waals surface area contributed by atoms with Gasteiger partial charge in [0.2, 0.25) is 0 Å². The number of H-pyrrole nitrogens is 2. The van der Waals surface area contributed by atoms with E-state index in [1.165, 1.54) is 0 Å². The molecule has 1 aromatic heterocycles. The van der Waals surface area contributed by atoms with Crippen LogP contribution in [-0.4, -0.2) is 33.5 Å². The van der Waals surface area contributed by atoms with Crippen LogP contribution in [0.5, 0.6) is 0 Å². The highest BCUT2D eigenvalue weighted by molar-refractivity contribution is 6.07. The van der Waals surface area contributed by atoms with Gasteiger partial charge >= 0.3 is 11.7 Å². The van der Waals surface area contributed by atoms with E-state index >= 15 is 0 Å². The molecule has 1 aromatic carbocycles. The molecule has 2 aromatic rings. The Morgan fingerprint density at radius 1 is 1.14 bits per heavy atom. The minimum atomic E-state index is -1.23. The number of nitrogens with one attached hydrogen (secondary N) is 2. The Morgan fingerprint density at radius 3 is 2.38 bits per heavy atom. The Bertz CT molecular complexity index is 778. The predicted molar refractivity (Wildman–Crippen MR) is 73.4 cm³/mol. The lowest BCUT2D eigenvalue weighted by atomic mass is 10.2. The fourth-order valence-electron chi connectivity index (χ4n) is 1.74. The highest BCUT2D eigenvalue weighted by Gasteiger charge is 2.22. The summed E-state index contributed by atoms with van der Waals surface area (Å²) in [5.74, 6) is -2.05. The van der Waals surface area contributed by atoms with Gasteiger partial charge in [0.1, 0.15) is 12.1 Å². The van der Waals surface area contributed by atoms with Crippen molar-refractivity contribution in [2.45, 2.75) is 0 Å². The zero-order valence-electron chi connectivity index (χ0n) is 10.7. The maximum atomic E-state index is 12.3. The molecule has 0 aliphatic rings. The number of carbonyl (C=O) groups is 2. The lowest BCUT2D eigenvalue weighted by molar-refractivity contribution is -0.135. The largest absolute Gasteiger partial charge is 0.480 e. The Morgan fingerprint density at radius 2 is 1.81 bits per heavy atom. The van der Waals surface area contributed by atoms with E-state index in [0.717, 1.165) is 11.1 Å². The van der Waals surface area contributed by atoms with Gasteiger partial charge in [-0.2, -0.15) is 0 Å². The zero-order chi connectivity index (χ0) is 15.4. The molecule has 8 heteroatoms. The van der Waals surface area contributed by atoms with Gasteiger partial charge < -0.3 is 10.1 Å². The lowest BCUT2D eigenvalue weighted by Gasteiger charge is -2.20. The van der Waals surface area contributed by atoms with E-state index in [1.807, 2.05) is 4.98 Å². The molecule has 3 N–H and O–H groups in total. The van der Waals surface area contributed by atoms with E-state index in [-0.39, 0.29) is 5.56 Å². The van der Waals surface area contributed by atoms with Crippen LogP contribution in [0.1, 0.15) is 10.4 Å². The van der Waals surface area contributed by atoms with Gasteiger partial charge in [-0.3, -0.25) is 24.3 Å². The first kappa shape index (κ1) is 14.3. The summed E-state index contributed by atoms with van der Waals surface area (Å²) in [7, 11) is 0. The van der Waals surface area contributed by atoms with Crippen molar-refractivity contribution >= 4 is 17.6 Å². The summed E-state index contributed by atoms with van der Waals surface area (Å²) in [6.07, 6.45) is 0.960. The van der Waals surface area contributed by atoms with Gasteiger partial charge in [0.15, 0.2) is 0 Å². The number of amides is 1. The molecule has 0 saturated heterocycles. The van der Waals surface area contributed by atoms with Gasteiger partial charge in [-0.15, -0.1) is 0 Å². The number of hydrogen-bond acceptors (Lipinski definition) is 4. The summed E-state index contributed by atoms with van der Waals surface area (Å²) in [6.45, 7) is -0.610. The zero-order valence-corrected chi connectivity index (χ0v) is 10.7. The number of carboxylic acid groups (broad SMARTS) is 1. The molecule has 0 bridgehead atoms. The smallest absolute Gasteiger partial charge is 0.325 e. The number of aromatic nitrogens is 2. The number of carbonyl (C=O) groups excluding carboxylic acids is 1. The number of nitrogens with zero attached hydrogens (tertiary/aromatic N) is 1. The number of benzene rings is 1. The number of aliphatic carboxylic acids is 1. The Labute approximate surface area is 117 Å². The molecule has 0 saturated carbocycles. The summed E-state index contributed by atoms with van der Waals surface area (Å²) < 4.78 is 0. The number of anilines is 1. The van der Waals surface area contributed by atoms with Crippen molar-refractivity contribution in [3.8, 4) is 0 Å². The molecule has 0 radical (unpaired) electrons. The van der Waals surface area contributed by atoms with E-state index in [2.05, 4.69) is 4.98 Å². The molecule has 8 nitrogen and oxygen atoms in total. The number of para-hydroxylation sites is 1. The monoisotopic (exact) mass is 289 g/mol. The second-order valence-electron chi connectivity index (χ2n) is 4.11. The van der Waals surface area contributed by atoms with Crippen molar-refractivity contribution in [1.29, 1.82) is 0 Å². The maximum Gasteiger partial charge on any atom is 0.325 e. The quantitative estimate of drug-likeness (QED) is 0.718. The second-order valence-corrected chi connectivity index (χ2v) is 4.11. The third-order valence-electron chi connectivity index (χ3n) is 2.66. The fourth-order valence-corrected chi connectivity index (χ4v) is 1.74. The van der Waals surface area contributed by atoms with Crippen molar-refractivity contribution in [1.82, 2.24) is 9.97 Å². The summed E-state index contributed by atoms with van der Waals surface area (Å²) in [6, 6.07) is 8.06. The van der Waals surface area contributed by atoms with Gasteiger partial charge in [0, 0.05) is 11.9 Å². The number of rotatable bonds is 4. The van der Waals surface area contributed by atoms with Crippen molar-refractivity contribution in [2.24, 2.45) is 0 Å². The van der Waals surface area contributed by atoms with Crippen LogP contribution in [0.4, 0.5) is 5.69 Å². The minimum Gasteiger partial charge on any atom is -0.480 e. The van der Waals surface area contributed by atoms with Gasteiger partial charge in [-0.25, -0.2) is 4.79 Å². The molecule has 1 amide bonds. The first-order valence-corrected chi connectivity index (χ1v) is 5.90. The standard InChI is InChI=1S/C13H11N3O5/c17-10(18)7-16(8-4-2-1-3-5-8)12(20)9-6-14-13(21)15-11(9)19/h1-6H,7H2,(H,17,18)(H2,14,15,19,21). The van der Waals surface area contributed by atoms with Gasteiger partial charge in [0.05, 0.1) is 0 Å². The number of carboxylic acids is 1. The van der Waals surface area contributed by atoms with Gasteiger partial charge in [-0.05, 0) is 12.1 Å². The predicted octanol–water partition coefficient (Wildman–Crippen LogP) is -0.205. The molecule has 0 spiro atoms. The van der Waals surface area contributed by atoms with Crippen LogP contribution in [0.25, 0.3) is 0 Å². The number of aromatic amines is 2. The fraction of sp³-hybridized carbons (Fsp3) is 0.0769. The average Bonchev–Trinajstić information content (AvgIpc) is 2.45. The molecule has 0 aliphatic heterocycles. The molecule has 21 heavy (non-hydrogen) atoms. The van der Waals surface area contributed by atoms with E-state index in [9.17, 15) is 19.2 Å². The molecule has 108 valence electrons.